The van der Waals surface area contributed by atoms with E-state index in [0.717, 1.165) is 32.0 Å². The maximum absolute atomic E-state index is 13.7. The number of alkyl halides is 4. The van der Waals surface area contributed by atoms with Gasteiger partial charge in [0.1, 0.15) is 12.0 Å². The highest BCUT2D eigenvalue weighted by Gasteiger charge is 2.42. The predicted molar refractivity (Wildman–Crippen MR) is 110 cm³/mol. The molecule has 0 radical (unpaired) electrons. The molecule has 8 nitrogen and oxygen atoms in total. The number of aromatic nitrogens is 2. The third-order valence-corrected chi connectivity index (χ3v) is 5.56. The number of halogens is 4. The van der Waals surface area contributed by atoms with Gasteiger partial charge in [-0.3, -0.25) is 4.79 Å². The van der Waals surface area contributed by atoms with Gasteiger partial charge in [0.25, 0.3) is 11.9 Å². The summed E-state index contributed by atoms with van der Waals surface area (Å²) >= 11 is 0. The standard InChI is InChI=1S/C20H24F4N6O2/c1-28-7-9-29(10-8-28)15-5-4-14(11-25-15)26-18(31)16-17(20(22,23)24)27-19(32-16)30-6-2-3-13(21)12-30/h4-5,11,13H,2-3,6-10,12H2,1H3,(H,26,31). The van der Waals surface area contributed by atoms with E-state index in [9.17, 15) is 22.4 Å². The van der Waals surface area contributed by atoms with E-state index in [1.807, 2.05) is 7.05 Å². The molecule has 1 amide bonds. The van der Waals surface area contributed by atoms with Crippen molar-refractivity contribution in [2.45, 2.75) is 25.2 Å². The maximum Gasteiger partial charge on any atom is 0.437 e. The van der Waals surface area contributed by atoms with Crippen LogP contribution < -0.4 is 15.1 Å². The van der Waals surface area contributed by atoms with Crippen molar-refractivity contribution in [2.24, 2.45) is 0 Å². The number of rotatable bonds is 4. The molecule has 0 spiro atoms. The monoisotopic (exact) mass is 456 g/mol. The Labute approximate surface area is 182 Å². The van der Waals surface area contributed by atoms with Gasteiger partial charge in [-0.25, -0.2) is 9.37 Å². The molecule has 2 aromatic heterocycles. The van der Waals surface area contributed by atoms with Gasteiger partial charge in [-0.2, -0.15) is 18.2 Å². The van der Waals surface area contributed by atoms with Crippen molar-refractivity contribution in [1.82, 2.24) is 14.9 Å². The molecule has 4 heterocycles. The summed E-state index contributed by atoms with van der Waals surface area (Å²) in [5.74, 6) is -1.34. The molecular weight excluding hydrogens is 432 g/mol. The quantitative estimate of drug-likeness (QED) is 0.709. The highest BCUT2D eigenvalue weighted by Crippen LogP contribution is 2.35. The van der Waals surface area contributed by atoms with Gasteiger partial charge in [0.05, 0.1) is 18.4 Å². The summed E-state index contributed by atoms with van der Waals surface area (Å²) in [6.45, 7) is 3.58. The lowest BCUT2D eigenvalue weighted by Gasteiger charge is -2.33. The zero-order valence-electron chi connectivity index (χ0n) is 17.5. The minimum atomic E-state index is -4.90. The van der Waals surface area contributed by atoms with Crippen LogP contribution in [0.25, 0.3) is 0 Å². The molecule has 1 atom stereocenters. The predicted octanol–water partition coefficient (Wildman–Crippen LogP) is 3.03. The van der Waals surface area contributed by atoms with Crippen LogP contribution in [0.1, 0.15) is 29.1 Å². The molecule has 1 N–H and O–H groups in total. The third-order valence-electron chi connectivity index (χ3n) is 5.56. The second kappa shape index (κ2) is 8.93. The van der Waals surface area contributed by atoms with Crippen LogP contribution in [0.15, 0.2) is 22.7 Å². The zero-order chi connectivity index (χ0) is 22.9. The summed E-state index contributed by atoms with van der Waals surface area (Å²) in [5, 5.41) is 2.38. The van der Waals surface area contributed by atoms with Crippen molar-refractivity contribution >= 4 is 23.4 Å². The molecule has 0 aromatic carbocycles. The molecule has 2 fully saturated rings. The molecule has 0 bridgehead atoms. The van der Waals surface area contributed by atoms with E-state index in [2.05, 4.69) is 25.1 Å². The second-order valence-corrected chi connectivity index (χ2v) is 8.01. The fourth-order valence-corrected chi connectivity index (χ4v) is 3.76. The number of piperazine rings is 1. The van der Waals surface area contributed by atoms with Crippen LogP contribution in [0.4, 0.5) is 35.1 Å². The van der Waals surface area contributed by atoms with E-state index in [0.29, 0.717) is 19.4 Å². The average Bonchev–Trinajstić information content (AvgIpc) is 3.21. The number of hydrogen-bond acceptors (Lipinski definition) is 7. The summed E-state index contributed by atoms with van der Waals surface area (Å²) in [7, 11) is 2.04. The Bertz CT molecular complexity index is 941. The first-order chi connectivity index (χ1) is 15.2. The SMILES string of the molecule is CN1CCN(c2ccc(NC(=O)c3oc(N4CCCC(F)C4)nc3C(F)(F)F)cn2)CC1. The number of likely N-dealkylation sites (N-methyl/N-ethyl adjacent to an activating group) is 1. The van der Waals surface area contributed by atoms with E-state index >= 15 is 0 Å². The van der Waals surface area contributed by atoms with Crippen LogP contribution in [-0.4, -0.2) is 73.3 Å². The molecule has 2 aliphatic rings. The number of nitrogens with zero attached hydrogens (tertiary/aromatic N) is 5. The highest BCUT2D eigenvalue weighted by molar-refractivity contribution is 6.03. The number of hydrogen-bond donors (Lipinski definition) is 1. The summed E-state index contributed by atoms with van der Waals surface area (Å²) in [5.41, 5.74) is -1.21. The van der Waals surface area contributed by atoms with Gasteiger partial charge in [0, 0.05) is 32.7 Å². The van der Waals surface area contributed by atoms with Gasteiger partial charge in [-0.15, -0.1) is 0 Å². The first-order valence-electron chi connectivity index (χ1n) is 10.4. The number of amides is 1. The van der Waals surface area contributed by atoms with Crippen molar-refractivity contribution in [3.05, 3.63) is 29.8 Å². The van der Waals surface area contributed by atoms with E-state index in [1.165, 1.54) is 11.1 Å². The lowest BCUT2D eigenvalue weighted by Crippen LogP contribution is -2.44. The molecule has 2 aliphatic heterocycles. The number of nitrogens with one attached hydrogen (secondary N) is 1. The van der Waals surface area contributed by atoms with Crippen LogP contribution >= 0.6 is 0 Å². The van der Waals surface area contributed by atoms with Crippen molar-refractivity contribution in [3.8, 4) is 0 Å². The van der Waals surface area contributed by atoms with Gasteiger partial charge in [0.15, 0.2) is 5.69 Å². The topological polar surface area (TPSA) is 77.7 Å². The first-order valence-corrected chi connectivity index (χ1v) is 10.4. The Balaban J connectivity index is 1.50. The Morgan fingerprint density at radius 2 is 1.91 bits per heavy atom. The zero-order valence-corrected chi connectivity index (χ0v) is 17.5. The summed E-state index contributed by atoms with van der Waals surface area (Å²) < 4.78 is 59.3. The Morgan fingerprint density at radius 3 is 2.53 bits per heavy atom. The van der Waals surface area contributed by atoms with Crippen molar-refractivity contribution in [2.75, 3.05) is 61.4 Å². The number of oxazole rings is 1. The molecule has 1 unspecified atom stereocenters. The van der Waals surface area contributed by atoms with E-state index < -0.39 is 35.7 Å². The van der Waals surface area contributed by atoms with Crippen LogP contribution in [0.2, 0.25) is 0 Å². The maximum atomic E-state index is 13.7. The van der Waals surface area contributed by atoms with Crippen molar-refractivity contribution < 1.29 is 26.8 Å². The molecule has 174 valence electrons. The lowest BCUT2D eigenvalue weighted by molar-refractivity contribution is -0.141. The fourth-order valence-electron chi connectivity index (χ4n) is 3.76. The Hall–Kier alpha value is -2.89. The molecular formula is C20H24F4N6O2. The average molecular weight is 456 g/mol. The highest BCUT2D eigenvalue weighted by atomic mass is 19.4. The number of pyridine rings is 1. The molecule has 12 heteroatoms. The molecule has 0 aliphatic carbocycles. The molecule has 2 aromatic rings. The Morgan fingerprint density at radius 1 is 1.16 bits per heavy atom. The number of piperidine rings is 1. The molecule has 4 rings (SSSR count). The van der Waals surface area contributed by atoms with Gasteiger partial charge < -0.3 is 24.4 Å². The molecule has 32 heavy (non-hydrogen) atoms. The third kappa shape index (κ3) is 4.95. The van der Waals surface area contributed by atoms with Crippen LogP contribution in [-0.2, 0) is 6.18 Å². The smallest absolute Gasteiger partial charge is 0.417 e. The summed E-state index contributed by atoms with van der Waals surface area (Å²) in [4.78, 5) is 25.9. The van der Waals surface area contributed by atoms with E-state index in [1.54, 1.807) is 12.1 Å². The van der Waals surface area contributed by atoms with E-state index in [-0.39, 0.29) is 12.2 Å². The lowest BCUT2D eigenvalue weighted by atomic mass is 10.1. The minimum Gasteiger partial charge on any atom is -0.417 e. The molecule has 0 saturated carbocycles. The Kier molecular flexibility index (Phi) is 6.22. The summed E-state index contributed by atoms with van der Waals surface area (Å²) in [6.07, 6.45) is -3.92. The van der Waals surface area contributed by atoms with Crippen LogP contribution in [0.5, 0.6) is 0 Å². The van der Waals surface area contributed by atoms with Crippen LogP contribution in [0, 0.1) is 0 Å². The van der Waals surface area contributed by atoms with E-state index in [4.69, 9.17) is 4.42 Å². The van der Waals surface area contributed by atoms with Gasteiger partial charge in [-0.05, 0) is 32.0 Å². The van der Waals surface area contributed by atoms with Gasteiger partial charge >= 0.3 is 6.18 Å². The van der Waals surface area contributed by atoms with Crippen molar-refractivity contribution in [1.29, 1.82) is 0 Å². The minimum absolute atomic E-state index is 0.128. The fraction of sp³-hybridized carbons (Fsp3) is 0.550. The number of carbonyl (C=O) groups excluding carboxylic acids is 1. The number of anilines is 3. The largest absolute Gasteiger partial charge is 0.437 e. The normalized spacial score (nSPS) is 20.5. The number of carbonyl (C=O) groups is 1. The first kappa shape index (κ1) is 22.3. The van der Waals surface area contributed by atoms with Crippen molar-refractivity contribution in [3.63, 3.8) is 0 Å². The van der Waals surface area contributed by atoms with Crippen LogP contribution in [0.3, 0.4) is 0 Å². The molecule has 2 saturated heterocycles. The van der Waals surface area contributed by atoms with Gasteiger partial charge in [-0.1, -0.05) is 0 Å². The summed E-state index contributed by atoms with van der Waals surface area (Å²) in [6, 6.07) is 2.86. The second-order valence-electron chi connectivity index (χ2n) is 8.01. The van der Waals surface area contributed by atoms with Gasteiger partial charge in [0.2, 0.25) is 5.76 Å².